The molecule has 0 aromatic carbocycles. The lowest BCUT2D eigenvalue weighted by Crippen LogP contribution is -2.36. The quantitative estimate of drug-likeness (QED) is 0.628. The fourth-order valence-electron chi connectivity index (χ4n) is 3.60. The van der Waals surface area contributed by atoms with Crippen molar-refractivity contribution >= 4 is 5.78 Å². The Balaban J connectivity index is 2.04. The molecule has 1 saturated heterocycles. The van der Waals surface area contributed by atoms with E-state index in [1.807, 2.05) is 6.08 Å². The SMILES string of the molecule is CC(C)=CCCC(C)=C[C@H]1C[C@](C)(O)[C@H](CC2=C(O)[C@@H](O)CCC2=O)O1. The minimum atomic E-state index is -1.09. The smallest absolute Gasteiger partial charge is 0.162 e. The van der Waals surface area contributed by atoms with Gasteiger partial charge in [0.25, 0.3) is 0 Å². The van der Waals surface area contributed by atoms with Crippen LogP contribution in [0.4, 0.5) is 0 Å². The van der Waals surface area contributed by atoms with Crippen LogP contribution in [0.1, 0.15) is 66.2 Å². The van der Waals surface area contributed by atoms with E-state index in [0.29, 0.717) is 6.42 Å². The maximum Gasteiger partial charge on any atom is 0.162 e. The van der Waals surface area contributed by atoms with Gasteiger partial charge in [-0.2, -0.15) is 0 Å². The summed E-state index contributed by atoms with van der Waals surface area (Å²) in [4.78, 5) is 12.1. The largest absolute Gasteiger partial charge is 0.509 e. The molecule has 2 rings (SSSR count). The molecule has 146 valence electrons. The van der Waals surface area contributed by atoms with Crippen LogP contribution in [0.25, 0.3) is 0 Å². The third kappa shape index (κ3) is 5.29. The van der Waals surface area contributed by atoms with Crippen LogP contribution >= 0.6 is 0 Å². The number of carbonyl (C=O) groups is 1. The van der Waals surface area contributed by atoms with Crippen molar-refractivity contribution in [3.63, 3.8) is 0 Å². The van der Waals surface area contributed by atoms with Gasteiger partial charge in [0.1, 0.15) is 11.9 Å². The van der Waals surface area contributed by atoms with E-state index in [0.717, 1.165) is 12.8 Å². The van der Waals surface area contributed by atoms with Gasteiger partial charge >= 0.3 is 0 Å². The molecule has 1 aliphatic heterocycles. The Hall–Kier alpha value is -1.43. The average molecular weight is 364 g/mol. The van der Waals surface area contributed by atoms with Crippen LogP contribution in [-0.4, -0.2) is 45.0 Å². The summed E-state index contributed by atoms with van der Waals surface area (Å²) >= 11 is 0. The minimum absolute atomic E-state index is 0.121. The zero-order valence-electron chi connectivity index (χ0n) is 16.3. The second-order valence-electron chi connectivity index (χ2n) is 8.10. The second-order valence-corrected chi connectivity index (χ2v) is 8.10. The van der Waals surface area contributed by atoms with Crippen LogP contribution in [0.2, 0.25) is 0 Å². The molecule has 5 heteroatoms. The molecule has 4 atom stereocenters. The highest BCUT2D eigenvalue weighted by Crippen LogP contribution is 2.37. The molecule has 0 bridgehead atoms. The van der Waals surface area contributed by atoms with E-state index in [4.69, 9.17) is 4.74 Å². The Kier molecular flexibility index (Phi) is 6.83. The third-order valence-electron chi connectivity index (χ3n) is 5.20. The zero-order chi connectivity index (χ0) is 19.5. The normalized spacial score (nSPS) is 32.9. The monoisotopic (exact) mass is 364 g/mol. The van der Waals surface area contributed by atoms with Crippen molar-refractivity contribution in [1.29, 1.82) is 0 Å². The lowest BCUT2D eigenvalue weighted by molar-refractivity contribution is -0.118. The molecule has 0 spiro atoms. The standard InChI is InChI=1S/C21H32O5/c1-13(2)6-5-7-14(3)10-15-12-21(4,25)19(26-15)11-16-17(22)8-9-18(23)20(16)24/h6,10,15,18-19,23-25H,5,7-9,11-12H2,1-4H3/t15-,18-,19-,21-/m0/s1. The molecule has 2 aliphatic rings. The molecule has 3 N–H and O–H groups in total. The molecule has 0 aromatic heterocycles. The number of ketones is 1. The Morgan fingerprint density at radius 1 is 1.35 bits per heavy atom. The Morgan fingerprint density at radius 2 is 2.04 bits per heavy atom. The topological polar surface area (TPSA) is 87.0 Å². The molecule has 5 nitrogen and oxygen atoms in total. The fraction of sp³-hybridized carbons (Fsp3) is 0.667. The first-order valence-electron chi connectivity index (χ1n) is 9.42. The molecule has 0 aromatic rings. The fourth-order valence-corrected chi connectivity index (χ4v) is 3.60. The summed E-state index contributed by atoms with van der Waals surface area (Å²) in [6.07, 6.45) is 5.38. The van der Waals surface area contributed by atoms with Crippen LogP contribution in [-0.2, 0) is 9.53 Å². The van der Waals surface area contributed by atoms with Gasteiger partial charge in [-0.15, -0.1) is 0 Å². The van der Waals surface area contributed by atoms with Gasteiger partial charge in [0.15, 0.2) is 5.78 Å². The summed E-state index contributed by atoms with van der Waals surface area (Å²) in [6, 6.07) is 0. The molecule has 0 unspecified atom stereocenters. The van der Waals surface area contributed by atoms with E-state index in [1.165, 1.54) is 11.1 Å². The van der Waals surface area contributed by atoms with E-state index in [9.17, 15) is 20.1 Å². The number of aliphatic hydroxyl groups is 3. The predicted octanol–water partition coefficient (Wildman–Crippen LogP) is 3.51. The number of rotatable bonds is 6. The maximum atomic E-state index is 12.1. The van der Waals surface area contributed by atoms with Gasteiger partial charge in [-0.05, 0) is 47.0 Å². The molecule has 0 saturated carbocycles. The number of aliphatic hydroxyl groups excluding tert-OH is 2. The van der Waals surface area contributed by atoms with E-state index >= 15 is 0 Å². The van der Waals surface area contributed by atoms with Crippen molar-refractivity contribution in [3.05, 3.63) is 34.6 Å². The maximum absolute atomic E-state index is 12.1. The number of carbonyl (C=O) groups excluding carboxylic acids is 1. The molecular formula is C21H32O5. The number of hydrogen-bond donors (Lipinski definition) is 3. The van der Waals surface area contributed by atoms with Gasteiger partial charge in [0, 0.05) is 24.8 Å². The Morgan fingerprint density at radius 3 is 2.69 bits per heavy atom. The number of allylic oxidation sites excluding steroid dienone is 3. The van der Waals surface area contributed by atoms with E-state index in [-0.39, 0.29) is 42.5 Å². The molecule has 0 amide bonds. The lowest BCUT2D eigenvalue weighted by Gasteiger charge is -2.27. The number of hydrogen-bond acceptors (Lipinski definition) is 5. The molecular weight excluding hydrogens is 332 g/mol. The average Bonchev–Trinajstić information content (AvgIpc) is 2.80. The van der Waals surface area contributed by atoms with Gasteiger partial charge in [-0.25, -0.2) is 0 Å². The van der Waals surface area contributed by atoms with Crippen molar-refractivity contribution in [1.82, 2.24) is 0 Å². The van der Waals surface area contributed by atoms with Crippen LogP contribution in [0, 0.1) is 0 Å². The molecule has 1 fully saturated rings. The van der Waals surface area contributed by atoms with Gasteiger partial charge < -0.3 is 20.1 Å². The lowest BCUT2D eigenvalue weighted by atomic mass is 9.85. The summed E-state index contributed by atoms with van der Waals surface area (Å²) in [6.45, 7) is 7.91. The van der Waals surface area contributed by atoms with Gasteiger partial charge in [0.2, 0.25) is 0 Å². The molecule has 1 heterocycles. The highest BCUT2D eigenvalue weighted by atomic mass is 16.5. The third-order valence-corrected chi connectivity index (χ3v) is 5.20. The van der Waals surface area contributed by atoms with E-state index in [2.05, 4.69) is 26.8 Å². The molecule has 1 aliphatic carbocycles. The summed E-state index contributed by atoms with van der Waals surface area (Å²) in [5, 5.41) is 30.5. The summed E-state index contributed by atoms with van der Waals surface area (Å²) < 4.78 is 5.99. The van der Waals surface area contributed by atoms with Crippen LogP contribution < -0.4 is 0 Å². The van der Waals surface area contributed by atoms with Crippen molar-refractivity contribution in [3.8, 4) is 0 Å². The van der Waals surface area contributed by atoms with Gasteiger partial charge in [-0.3, -0.25) is 4.79 Å². The number of ether oxygens (including phenoxy) is 1. The van der Waals surface area contributed by atoms with Crippen molar-refractivity contribution in [2.45, 2.75) is 90.1 Å². The Labute approximate surface area is 156 Å². The van der Waals surface area contributed by atoms with E-state index < -0.39 is 17.8 Å². The van der Waals surface area contributed by atoms with Crippen molar-refractivity contribution in [2.75, 3.05) is 0 Å². The highest BCUT2D eigenvalue weighted by Gasteiger charge is 2.44. The molecule has 26 heavy (non-hydrogen) atoms. The second kappa shape index (κ2) is 8.51. The van der Waals surface area contributed by atoms with Crippen LogP contribution in [0.15, 0.2) is 34.6 Å². The summed E-state index contributed by atoms with van der Waals surface area (Å²) in [7, 11) is 0. The van der Waals surface area contributed by atoms with Gasteiger partial charge in [0.05, 0.1) is 17.8 Å². The number of Topliss-reactive ketones (excluding diaryl/α,β-unsaturated/α-hetero) is 1. The summed E-state index contributed by atoms with van der Waals surface area (Å²) in [5.41, 5.74) is 1.61. The van der Waals surface area contributed by atoms with Gasteiger partial charge in [-0.1, -0.05) is 23.3 Å². The van der Waals surface area contributed by atoms with E-state index in [1.54, 1.807) is 6.92 Å². The first-order chi connectivity index (χ1) is 12.1. The first-order valence-corrected chi connectivity index (χ1v) is 9.42. The predicted molar refractivity (Wildman–Crippen MR) is 101 cm³/mol. The Bertz CT molecular complexity index is 622. The van der Waals surface area contributed by atoms with Crippen molar-refractivity contribution in [2.24, 2.45) is 0 Å². The van der Waals surface area contributed by atoms with Crippen molar-refractivity contribution < 1.29 is 24.9 Å². The first kappa shape index (κ1) is 20.9. The van der Waals surface area contributed by atoms with Crippen LogP contribution in [0.5, 0.6) is 0 Å². The zero-order valence-corrected chi connectivity index (χ0v) is 16.3. The summed E-state index contributed by atoms with van der Waals surface area (Å²) in [5.74, 6) is -0.443. The minimum Gasteiger partial charge on any atom is -0.509 e. The molecule has 0 radical (unpaired) electrons. The van der Waals surface area contributed by atoms with Crippen LogP contribution in [0.3, 0.4) is 0 Å². The highest BCUT2D eigenvalue weighted by molar-refractivity contribution is 5.96.